The van der Waals surface area contributed by atoms with Crippen molar-refractivity contribution in [3.63, 3.8) is 0 Å². The van der Waals surface area contributed by atoms with Gasteiger partial charge in [-0.1, -0.05) is 0 Å². The molecule has 0 spiro atoms. The predicted molar refractivity (Wildman–Crippen MR) is 37.5 cm³/mol. The van der Waals surface area contributed by atoms with Gasteiger partial charge in [0.25, 0.3) is 0 Å². The van der Waals surface area contributed by atoms with Crippen molar-refractivity contribution >= 4 is 131 Å². The Morgan fingerprint density at radius 1 is 0.800 bits per heavy atom. The van der Waals surface area contributed by atoms with Gasteiger partial charge >= 0.3 is 113 Å². The van der Waals surface area contributed by atoms with Gasteiger partial charge in [-0.25, -0.2) is 0 Å². The molecule has 0 aliphatic rings. The van der Waals surface area contributed by atoms with Crippen molar-refractivity contribution < 1.29 is 14.0 Å². The maximum atomic E-state index is 0. The Balaban J connectivity index is 0. The first-order chi connectivity index (χ1) is 0. The maximum absolute atomic E-state index is 0. The smallest absolute Gasteiger partial charge is 1.00 e. The van der Waals surface area contributed by atoms with Crippen LogP contribution in [-0.4, -0.2) is 136 Å². The normalized spacial score (nSPS) is 0. The van der Waals surface area contributed by atoms with Crippen molar-refractivity contribution in [3.05, 3.63) is 0 Å². The Kier molecular flexibility index (Phi) is 167. The van der Waals surface area contributed by atoms with Gasteiger partial charge in [0, 0.05) is 0 Å². The Hall–Kier alpha value is 4.27. The zero-order chi connectivity index (χ0) is 0. The van der Waals surface area contributed by atoms with Crippen LogP contribution in [-0.2, 0) is 0 Å². The molecule has 0 heterocycles. The van der Waals surface area contributed by atoms with E-state index in [4.69, 9.17) is 0 Å². The molecule has 0 saturated heterocycles. The summed E-state index contributed by atoms with van der Waals surface area (Å²) in [6, 6.07) is 0. The molecular weight excluding hydrogens is 163 g/mol. The number of hydrogen-bond acceptors (Lipinski definition) is 0. The predicted octanol–water partition coefficient (Wildman–Crippen LogP) is -2.48. The van der Waals surface area contributed by atoms with E-state index >= 15 is 0 Å². The van der Waals surface area contributed by atoms with E-state index in [1.54, 1.807) is 0 Å². The third kappa shape index (κ3) is 17.8. The van der Waals surface area contributed by atoms with Crippen molar-refractivity contribution in [2.24, 2.45) is 0 Å². The van der Waals surface area contributed by atoms with Gasteiger partial charge in [-0.3, -0.25) is 0 Å². The molecule has 0 bridgehead atoms. The number of hydrogen-bond donors (Lipinski definition) is 0. The van der Waals surface area contributed by atoms with Gasteiger partial charge in [-0.15, -0.1) is 0 Å². The van der Waals surface area contributed by atoms with E-state index < -0.39 is 0 Å². The fourth-order valence-electron chi connectivity index (χ4n) is 0. The van der Waals surface area contributed by atoms with Crippen molar-refractivity contribution in [1.82, 2.24) is 0 Å². The number of rotatable bonds is 0. The molecule has 5 heteroatoms. The molecule has 0 rings (SSSR count). The molecule has 0 aliphatic carbocycles. The van der Waals surface area contributed by atoms with Crippen molar-refractivity contribution in [2.75, 3.05) is 0 Å². The molecule has 0 saturated carbocycles. The standard InChI is InChI=1S/Al.3Ca.H2O.9H/h;;;;1H2;;;;;;;;;/q;3*+2;;;;;6*-1. The quantitative estimate of drug-likeness (QED) is 0.364. The molecule has 0 aromatic carbocycles. The molecule has 2 N–H and O–H groups in total. The second-order valence-electron chi connectivity index (χ2n) is 0. The van der Waals surface area contributed by atoms with Crippen LogP contribution >= 0.6 is 0 Å². The van der Waals surface area contributed by atoms with E-state index in [9.17, 15) is 0 Å². The van der Waals surface area contributed by atoms with Gasteiger partial charge in [-0.2, -0.15) is 0 Å². The van der Waals surface area contributed by atoms with Crippen LogP contribution in [0.5, 0.6) is 0 Å². The van der Waals surface area contributed by atoms with Crippen LogP contribution in [0, 0.1) is 0 Å². The van der Waals surface area contributed by atoms with Crippen LogP contribution in [0.15, 0.2) is 0 Å². The molecule has 0 atom stereocenters. The van der Waals surface area contributed by atoms with E-state index in [-0.39, 0.29) is 145 Å². The molecule has 0 amide bonds. The maximum Gasteiger partial charge on any atom is 2.00 e. The summed E-state index contributed by atoms with van der Waals surface area (Å²) < 4.78 is 0. The summed E-state index contributed by atoms with van der Waals surface area (Å²) in [5.41, 5.74) is 0. The Morgan fingerprint density at radius 2 is 0.800 bits per heavy atom. The monoisotopic (exact) mass is 174 g/mol. The van der Waals surface area contributed by atoms with E-state index in [0.29, 0.717) is 0 Å². The summed E-state index contributed by atoms with van der Waals surface area (Å²) >= 11 is 0. The molecular formula is H11AlCa3O. The minimum atomic E-state index is 0. The molecule has 1 nitrogen and oxygen atoms in total. The first-order valence-corrected chi connectivity index (χ1v) is 0. The van der Waals surface area contributed by atoms with E-state index in [1.165, 1.54) is 0 Å². The van der Waals surface area contributed by atoms with Gasteiger partial charge < -0.3 is 14.0 Å². The van der Waals surface area contributed by atoms with Crippen LogP contribution in [0.2, 0.25) is 0 Å². The third-order valence-corrected chi connectivity index (χ3v) is 0. The Bertz CT molecular complexity index is 17.8. The molecule has 0 radical (unpaired) electrons. The van der Waals surface area contributed by atoms with E-state index in [1.807, 2.05) is 0 Å². The van der Waals surface area contributed by atoms with Crippen molar-refractivity contribution in [1.29, 1.82) is 0 Å². The van der Waals surface area contributed by atoms with Crippen LogP contribution in [0.25, 0.3) is 0 Å². The average Bonchev–Trinajstić information content (AvgIpc) is 0. The van der Waals surface area contributed by atoms with Gasteiger partial charge in [-0.05, 0) is 0 Å². The van der Waals surface area contributed by atoms with Crippen LogP contribution in [0.3, 0.4) is 0 Å². The summed E-state index contributed by atoms with van der Waals surface area (Å²) in [5, 5.41) is 0. The molecule has 0 aromatic heterocycles. The largest absolute Gasteiger partial charge is 2.00 e. The van der Waals surface area contributed by atoms with Gasteiger partial charge in [0.05, 0.1) is 0 Å². The van der Waals surface area contributed by atoms with Crippen LogP contribution in [0.1, 0.15) is 8.56 Å². The van der Waals surface area contributed by atoms with E-state index in [0.717, 1.165) is 0 Å². The molecule has 0 fully saturated rings. The van der Waals surface area contributed by atoms with Crippen molar-refractivity contribution in [2.45, 2.75) is 0 Å². The first-order valence-electron chi connectivity index (χ1n) is 0. The minimum Gasteiger partial charge on any atom is -1.00 e. The topological polar surface area (TPSA) is 31.5 Å². The molecule has 0 unspecified atom stereocenters. The minimum absolute atomic E-state index is 0. The molecule has 5 heavy (non-hydrogen) atoms. The van der Waals surface area contributed by atoms with Crippen LogP contribution < -0.4 is 0 Å². The molecule has 26 valence electrons. The molecule has 0 aliphatic heterocycles. The summed E-state index contributed by atoms with van der Waals surface area (Å²) in [4.78, 5) is 0. The molecule has 0 aromatic rings. The zero-order valence-electron chi connectivity index (χ0n) is 8.62. The summed E-state index contributed by atoms with van der Waals surface area (Å²) in [6.45, 7) is 0. The Labute approximate surface area is 141 Å². The van der Waals surface area contributed by atoms with Gasteiger partial charge in [0.15, 0.2) is 17.4 Å². The van der Waals surface area contributed by atoms with Gasteiger partial charge in [0.1, 0.15) is 0 Å². The summed E-state index contributed by atoms with van der Waals surface area (Å²) in [5.74, 6) is 0. The Morgan fingerprint density at radius 3 is 0.800 bits per heavy atom. The van der Waals surface area contributed by atoms with Crippen LogP contribution in [0.4, 0.5) is 0 Å². The average molecular weight is 174 g/mol. The second-order valence-corrected chi connectivity index (χ2v) is 0. The fourth-order valence-corrected chi connectivity index (χ4v) is 0. The summed E-state index contributed by atoms with van der Waals surface area (Å²) in [7, 11) is 0. The zero-order valence-corrected chi connectivity index (χ0v) is 9.25. The van der Waals surface area contributed by atoms with Gasteiger partial charge in [0.2, 0.25) is 0 Å². The second kappa shape index (κ2) is 24.0. The first kappa shape index (κ1) is 34.8. The third-order valence-electron chi connectivity index (χ3n) is 0. The van der Waals surface area contributed by atoms with E-state index in [2.05, 4.69) is 0 Å². The summed E-state index contributed by atoms with van der Waals surface area (Å²) in [6.07, 6.45) is 0. The fraction of sp³-hybridized carbons (Fsp3) is 0. The van der Waals surface area contributed by atoms with Crippen molar-refractivity contribution in [3.8, 4) is 0 Å². The SMILES string of the molecule is O.[AlH3].[Ca+2].[Ca+2].[Ca+2].[H-].[H-].[H-].[H-].[H-].[H-].